The summed E-state index contributed by atoms with van der Waals surface area (Å²) in [5.41, 5.74) is 0.892. The molecule has 0 spiro atoms. The highest BCUT2D eigenvalue weighted by Crippen LogP contribution is 2.21. The maximum atomic E-state index is 12.3. The molecule has 0 saturated heterocycles. The average molecular weight is 409 g/mol. The number of hydrogen-bond donors (Lipinski definition) is 1. The van der Waals surface area contributed by atoms with Crippen molar-refractivity contribution in [1.82, 2.24) is 0 Å². The van der Waals surface area contributed by atoms with Gasteiger partial charge in [-0.15, -0.1) is 0 Å². The number of benzene rings is 2. The van der Waals surface area contributed by atoms with E-state index >= 15 is 0 Å². The SMILES string of the molecule is COC(=O)CBr.O=C(O)COc1ccccc1C(=O)c1ccccc1. The van der Waals surface area contributed by atoms with Gasteiger partial charge in [0, 0.05) is 5.56 Å². The third kappa shape index (κ3) is 7.17. The molecule has 132 valence electrons. The minimum atomic E-state index is -1.08. The van der Waals surface area contributed by atoms with Gasteiger partial charge in [-0.3, -0.25) is 9.59 Å². The van der Waals surface area contributed by atoms with Gasteiger partial charge in [0.2, 0.25) is 0 Å². The predicted octanol–water partition coefficient (Wildman–Crippen LogP) is 2.94. The molecule has 0 amide bonds. The third-order valence-electron chi connectivity index (χ3n) is 2.86. The van der Waals surface area contributed by atoms with Gasteiger partial charge in [0.1, 0.15) is 11.1 Å². The maximum absolute atomic E-state index is 12.3. The molecule has 6 nitrogen and oxygen atoms in total. The Morgan fingerprint density at radius 2 is 1.60 bits per heavy atom. The van der Waals surface area contributed by atoms with Crippen molar-refractivity contribution in [1.29, 1.82) is 0 Å². The van der Waals surface area contributed by atoms with Gasteiger partial charge in [0.25, 0.3) is 0 Å². The Balaban J connectivity index is 0.000000450. The van der Waals surface area contributed by atoms with E-state index in [4.69, 9.17) is 9.84 Å². The highest BCUT2D eigenvalue weighted by molar-refractivity contribution is 9.09. The van der Waals surface area contributed by atoms with E-state index in [9.17, 15) is 14.4 Å². The van der Waals surface area contributed by atoms with Crippen LogP contribution in [0.4, 0.5) is 0 Å². The molecular weight excluding hydrogens is 392 g/mol. The third-order valence-corrected chi connectivity index (χ3v) is 3.31. The van der Waals surface area contributed by atoms with Crippen LogP contribution >= 0.6 is 15.9 Å². The zero-order valence-corrected chi connectivity index (χ0v) is 15.1. The summed E-state index contributed by atoms with van der Waals surface area (Å²) in [5, 5.41) is 8.89. The van der Waals surface area contributed by atoms with Crippen molar-refractivity contribution in [2.24, 2.45) is 0 Å². The van der Waals surface area contributed by atoms with Gasteiger partial charge >= 0.3 is 11.9 Å². The summed E-state index contributed by atoms with van der Waals surface area (Å²) in [6.07, 6.45) is 0. The number of carbonyl (C=O) groups excluding carboxylic acids is 2. The summed E-state index contributed by atoms with van der Waals surface area (Å²) in [6.45, 7) is -0.473. The second-order valence-corrected chi connectivity index (χ2v) is 5.14. The molecule has 0 atom stereocenters. The second-order valence-electron chi connectivity index (χ2n) is 4.58. The molecular formula is C18H17BrO6. The number of carbonyl (C=O) groups is 3. The van der Waals surface area contributed by atoms with Gasteiger partial charge in [0.05, 0.1) is 12.7 Å². The van der Waals surface area contributed by atoms with Crippen LogP contribution in [0.5, 0.6) is 5.75 Å². The number of rotatable bonds is 6. The first-order valence-corrected chi connectivity index (χ1v) is 8.28. The van der Waals surface area contributed by atoms with Crippen LogP contribution < -0.4 is 4.74 Å². The molecule has 0 heterocycles. The molecule has 25 heavy (non-hydrogen) atoms. The molecule has 0 radical (unpaired) electrons. The molecule has 7 heteroatoms. The Bertz CT molecular complexity index is 709. The van der Waals surface area contributed by atoms with E-state index in [-0.39, 0.29) is 22.8 Å². The molecule has 0 unspecified atom stereocenters. The van der Waals surface area contributed by atoms with Gasteiger partial charge in [-0.25, -0.2) is 4.79 Å². The number of aliphatic carboxylic acids is 1. The van der Waals surface area contributed by atoms with E-state index in [1.807, 2.05) is 6.07 Å². The van der Waals surface area contributed by atoms with E-state index < -0.39 is 12.6 Å². The standard InChI is InChI=1S/C15H12O4.C3H5BrO2/c16-14(17)10-19-13-9-5-4-8-12(13)15(18)11-6-2-1-3-7-11;1-6-3(5)2-4/h1-9H,10H2,(H,16,17);2H2,1H3. The van der Waals surface area contributed by atoms with E-state index in [0.717, 1.165) is 0 Å². The number of ether oxygens (including phenoxy) is 2. The minimum Gasteiger partial charge on any atom is -0.481 e. The van der Waals surface area contributed by atoms with Crippen LogP contribution in [0, 0.1) is 0 Å². The Hall–Kier alpha value is -2.67. The largest absolute Gasteiger partial charge is 0.481 e. The lowest BCUT2D eigenvalue weighted by molar-refractivity contribution is -0.139. The van der Waals surface area contributed by atoms with Crippen LogP contribution in [0.2, 0.25) is 0 Å². The molecule has 0 fully saturated rings. The van der Waals surface area contributed by atoms with Crippen molar-refractivity contribution < 1.29 is 29.0 Å². The van der Waals surface area contributed by atoms with Crippen LogP contribution in [0.1, 0.15) is 15.9 Å². The first kappa shape index (κ1) is 20.4. The number of carboxylic acids is 1. The predicted molar refractivity (Wildman–Crippen MR) is 95.3 cm³/mol. The highest BCUT2D eigenvalue weighted by atomic mass is 79.9. The van der Waals surface area contributed by atoms with Crippen molar-refractivity contribution in [2.45, 2.75) is 0 Å². The smallest absolute Gasteiger partial charge is 0.341 e. The summed E-state index contributed by atoms with van der Waals surface area (Å²) in [5.74, 6) is -1.24. The van der Waals surface area contributed by atoms with Crippen molar-refractivity contribution in [2.75, 3.05) is 19.0 Å². The Kier molecular flexibility index (Phi) is 8.95. The van der Waals surface area contributed by atoms with E-state index in [2.05, 4.69) is 20.7 Å². The van der Waals surface area contributed by atoms with Crippen molar-refractivity contribution in [3.05, 3.63) is 65.7 Å². The molecule has 2 rings (SSSR count). The molecule has 1 N–H and O–H groups in total. The van der Waals surface area contributed by atoms with Crippen LogP contribution in [0.15, 0.2) is 54.6 Å². The summed E-state index contributed by atoms with van der Waals surface area (Å²) in [6, 6.07) is 15.4. The van der Waals surface area contributed by atoms with Gasteiger partial charge in [-0.2, -0.15) is 0 Å². The van der Waals surface area contributed by atoms with Crippen molar-refractivity contribution >= 4 is 33.7 Å². The second kappa shape index (κ2) is 11.0. The van der Waals surface area contributed by atoms with E-state index in [1.165, 1.54) is 7.11 Å². The monoisotopic (exact) mass is 408 g/mol. The van der Waals surface area contributed by atoms with Crippen LogP contribution in [-0.2, 0) is 14.3 Å². The lowest BCUT2D eigenvalue weighted by Gasteiger charge is -2.09. The van der Waals surface area contributed by atoms with Crippen molar-refractivity contribution in [3.63, 3.8) is 0 Å². The fourth-order valence-electron chi connectivity index (χ4n) is 1.72. The Labute approximate surface area is 153 Å². The summed E-state index contributed by atoms with van der Waals surface area (Å²) >= 11 is 2.90. The summed E-state index contributed by atoms with van der Waals surface area (Å²) in [4.78, 5) is 32.7. The van der Waals surface area contributed by atoms with Crippen LogP contribution in [-0.4, -0.2) is 41.9 Å². The first-order chi connectivity index (χ1) is 12.0. The van der Waals surface area contributed by atoms with Gasteiger partial charge in [-0.1, -0.05) is 58.4 Å². The number of carboxylic acid groups (broad SMARTS) is 1. The molecule has 0 aliphatic heterocycles. The molecule has 2 aromatic rings. The molecule has 0 aliphatic rings. The Morgan fingerprint density at radius 3 is 2.12 bits per heavy atom. The topological polar surface area (TPSA) is 89.9 Å². The van der Waals surface area contributed by atoms with Gasteiger partial charge in [-0.05, 0) is 12.1 Å². The van der Waals surface area contributed by atoms with E-state index in [1.54, 1.807) is 48.5 Å². The zero-order chi connectivity index (χ0) is 18.7. The van der Waals surface area contributed by atoms with Gasteiger partial charge in [0.15, 0.2) is 12.4 Å². The highest BCUT2D eigenvalue weighted by Gasteiger charge is 2.14. The lowest BCUT2D eigenvalue weighted by Crippen LogP contribution is -2.12. The molecule has 0 aromatic heterocycles. The maximum Gasteiger partial charge on any atom is 0.341 e. The number of hydrogen-bond acceptors (Lipinski definition) is 5. The Morgan fingerprint density at radius 1 is 1.00 bits per heavy atom. The molecule has 0 saturated carbocycles. The lowest BCUT2D eigenvalue weighted by atomic mass is 10.0. The molecule has 2 aromatic carbocycles. The zero-order valence-electron chi connectivity index (χ0n) is 13.5. The van der Waals surface area contributed by atoms with Crippen LogP contribution in [0.3, 0.4) is 0 Å². The molecule has 0 aliphatic carbocycles. The van der Waals surface area contributed by atoms with E-state index in [0.29, 0.717) is 11.1 Å². The number of ketones is 1. The number of halogens is 1. The fourth-order valence-corrected chi connectivity index (χ4v) is 1.95. The fraction of sp³-hybridized carbons (Fsp3) is 0.167. The summed E-state index contributed by atoms with van der Waals surface area (Å²) < 4.78 is 9.33. The number of para-hydroxylation sites is 1. The van der Waals surface area contributed by atoms with Crippen LogP contribution in [0.25, 0.3) is 0 Å². The quantitative estimate of drug-likeness (QED) is 0.448. The first-order valence-electron chi connectivity index (χ1n) is 7.15. The van der Waals surface area contributed by atoms with Crippen molar-refractivity contribution in [3.8, 4) is 5.75 Å². The minimum absolute atomic E-state index is 0.193. The number of methoxy groups -OCH3 is 1. The number of alkyl halides is 1. The summed E-state index contributed by atoms with van der Waals surface area (Å²) in [7, 11) is 1.35. The number of esters is 1. The normalized spacial score (nSPS) is 9.36. The average Bonchev–Trinajstić information content (AvgIpc) is 2.66. The molecule has 0 bridgehead atoms. The van der Waals surface area contributed by atoms with Gasteiger partial charge < -0.3 is 14.6 Å².